The van der Waals surface area contributed by atoms with E-state index in [-0.39, 0.29) is 35.5 Å². The third-order valence-electron chi connectivity index (χ3n) is 6.36. The lowest BCUT2D eigenvalue weighted by Gasteiger charge is -2.20. The molecule has 38 heavy (non-hydrogen) atoms. The van der Waals surface area contributed by atoms with Crippen LogP contribution < -0.4 is 20.2 Å². The van der Waals surface area contributed by atoms with Gasteiger partial charge in [-0.15, -0.1) is 0 Å². The van der Waals surface area contributed by atoms with Crippen LogP contribution in [0.15, 0.2) is 64.0 Å². The van der Waals surface area contributed by atoms with Gasteiger partial charge >= 0.3 is 0 Å². The lowest BCUT2D eigenvalue weighted by Crippen LogP contribution is -2.22. The molecule has 0 saturated carbocycles. The van der Waals surface area contributed by atoms with Gasteiger partial charge in [0, 0.05) is 16.8 Å². The van der Waals surface area contributed by atoms with Crippen LogP contribution in [0.4, 0.5) is 5.69 Å². The molecule has 0 radical (unpaired) electrons. The number of carbonyl (C=O) groups excluding carboxylic acids is 1. The van der Waals surface area contributed by atoms with Gasteiger partial charge in [-0.25, -0.2) is 0 Å². The highest BCUT2D eigenvalue weighted by Crippen LogP contribution is 2.33. The zero-order valence-electron chi connectivity index (χ0n) is 22.5. The van der Waals surface area contributed by atoms with E-state index in [2.05, 4.69) is 33.0 Å². The lowest BCUT2D eigenvalue weighted by atomic mass is 9.92. The highest BCUT2D eigenvalue weighted by molar-refractivity contribution is 6.32. The Labute approximate surface area is 227 Å². The summed E-state index contributed by atoms with van der Waals surface area (Å²) in [4.78, 5) is 25.8. The molecule has 198 valence electrons. The molecular weight excluding hydrogens is 502 g/mol. The van der Waals surface area contributed by atoms with E-state index >= 15 is 0 Å². The van der Waals surface area contributed by atoms with Crippen molar-refractivity contribution in [3.8, 4) is 17.2 Å². The Bertz CT molecular complexity index is 1500. The first-order valence-corrected chi connectivity index (χ1v) is 13.0. The van der Waals surface area contributed by atoms with Crippen LogP contribution in [-0.4, -0.2) is 12.5 Å². The van der Waals surface area contributed by atoms with Gasteiger partial charge < -0.3 is 19.2 Å². The van der Waals surface area contributed by atoms with Crippen molar-refractivity contribution < 1.29 is 18.7 Å². The molecule has 3 aromatic carbocycles. The molecule has 0 aliphatic rings. The summed E-state index contributed by atoms with van der Waals surface area (Å²) in [6.45, 7) is 12.0. The van der Waals surface area contributed by atoms with Crippen molar-refractivity contribution in [2.75, 3.05) is 11.9 Å². The normalized spacial score (nSPS) is 11.3. The third-order valence-corrected chi connectivity index (χ3v) is 6.96. The Hall–Kier alpha value is -3.77. The average Bonchev–Trinajstić information content (AvgIpc) is 2.87. The summed E-state index contributed by atoms with van der Waals surface area (Å²) in [7, 11) is 0. The Kier molecular flexibility index (Phi) is 8.12. The number of rotatable bonds is 8. The predicted octanol–water partition coefficient (Wildman–Crippen LogP) is 8.12. The van der Waals surface area contributed by atoms with Crippen molar-refractivity contribution >= 4 is 34.2 Å². The molecule has 0 aliphatic heterocycles. The summed E-state index contributed by atoms with van der Waals surface area (Å²) in [5.41, 5.74) is 4.73. The largest absolute Gasteiger partial charge is 0.484 e. The Morgan fingerprint density at radius 1 is 0.947 bits per heavy atom. The van der Waals surface area contributed by atoms with E-state index in [9.17, 15) is 9.59 Å². The van der Waals surface area contributed by atoms with E-state index in [4.69, 9.17) is 25.5 Å². The minimum Gasteiger partial charge on any atom is -0.484 e. The van der Waals surface area contributed by atoms with Crippen molar-refractivity contribution in [2.45, 2.75) is 53.4 Å². The number of nitrogens with one attached hydrogen (secondary N) is 1. The van der Waals surface area contributed by atoms with Gasteiger partial charge in [0.1, 0.15) is 23.3 Å². The highest BCUT2D eigenvalue weighted by Gasteiger charge is 2.17. The number of fused-ring (bicyclic) bond motifs is 1. The number of hydrogen-bond donors (Lipinski definition) is 1. The fourth-order valence-corrected chi connectivity index (χ4v) is 4.47. The fourth-order valence-electron chi connectivity index (χ4n) is 4.36. The van der Waals surface area contributed by atoms with Crippen LogP contribution in [0.1, 0.15) is 61.8 Å². The second-order valence-corrected chi connectivity index (χ2v) is 10.4. The maximum absolute atomic E-state index is 13.0. The van der Waals surface area contributed by atoms with Crippen LogP contribution in [-0.2, 0) is 4.79 Å². The summed E-state index contributed by atoms with van der Waals surface area (Å²) >= 11 is 6.23. The summed E-state index contributed by atoms with van der Waals surface area (Å²) in [6, 6.07) is 14.4. The van der Waals surface area contributed by atoms with Gasteiger partial charge in [-0.05, 0) is 72.2 Å². The molecule has 0 unspecified atom stereocenters. The molecule has 0 fully saturated rings. The topological polar surface area (TPSA) is 77.8 Å². The van der Waals surface area contributed by atoms with E-state index in [1.54, 1.807) is 30.3 Å². The second-order valence-electron chi connectivity index (χ2n) is 10.0. The minimum atomic E-state index is -0.313. The Morgan fingerprint density at radius 2 is 1.58 bits per heavy atom. The number of amides is 1. The summed E-state index contributed by atoms with van der Waals surface area (Å²) in [5, 5.41) is 4.04. The standard InChI is InChI=1S/C31H32ClNO5/c1-17(2)23-8-7-9-24(18(3)4)30(23)33-28(34)16-36-21-10-11-25-26(14-21)37-15-27(31(25)35)38-22-12-19(5)29(32)20(6)13-22/h7-15,17-18H,16H2,1-6H3,(H,33,34). The molecule has 0 bridgehead atoms. The molecule has 1 amide bonds. The second kappa shape index (κ2) is 11.3. The molecule has 1 heterocycles. The summed E-state index contributed by atoms with van der Waals surface area (Å²) in [5.74, 6) is 1.23. The predicted molar refractivity (Wildman–Crippen MR) is 152 cm³/mol. The maximum atomic E-state index is 13.0. The Morgan fingerprint density at radius 3 is 2.18 bits per heavy atom. The number of halogens is 1. The van der Waals surface area contributed by atoms with Gasteiger partial charge in [0.05, 0.1) is 5.39 Å². The average molecular weight is 534 g/mol. The van der Waals surface area contributed by atoms with E-state index in [1.165, 1.54) is 6.26 Å². The highest BCUT2D eigenvalue weighted by atomic mass is 35.5. The van der Waals surface area contributed by atoms with Crippen LogP contribution in [0.2, 0.25) is 5.02 Å². The van der Waals surface area contributed by atoms with Crippen molar-refractivity contribution in [2.24, 2.45) is 0 Å². The molecule has 0 atom stereocenters. The molecule has 0 aliphatic carbocycles. The molecule has 4 aromatic rings. The van der Waals surface area contributed by atoms with E-state index in [0.717, 1.165) is 27.9 Å². The smallest absolute Gasteiger partial charge is 0.262 e. The molecule has 7 heteroatoms. The van der Waals surface area contributed by atoms with Crippen molar-refractivity contribution in [1.82, 2.24) is 0 Å². The third kappa shape index (κ3) is 5.86. The number of benzene rings is 3. The van der Waals surface area contributed by atoms with Gasteiger partial charge in [0.25, 0.3) is 5.91 Å². The molecule has 6 nitrogen and oxygen atoms in total. The molecule has 1 aromatic heterocycles. The first-order chi connectivity index (χ1) is 18.0. The van der Waals surface area contributed by atoms with Crippen LogP contribution in [0.25, 0.3) is 11.0 Å². The molecular formula is C31H32ClNO5. The lowest BCUT2D eigenvalue weighted by molar-refractivity contribution is -0.118. The maximum Gasteiger partial charge on any atom is 0.262 e. The summed E-state index contributed by atoms with van der Waals surface area (Å²) < 4.78 is 17.2. The number of ether oxygens (including phenoxy) is 2. The van der Waals surface area contributed by atoms with Gasteiger partial charge in [0.2, 0.25) is 11.2 Å². The van der Waals surface area contributed by atoms with Crippen LogP contribution >= 0.6 is 11.6 Å². The zero-order chi connectivity index (χ0) is 27.6. The van der Waals surface area contributed by atoms with Crippen molar-refractivity contribution in [3.63, 3.8) is 0 Å². The van der Waals surface area contributed by atoms with E-state index in [1.807, 2.05) is 32.0 Å². The quantitative estimate of drug-likeness (QED) is 0.247. The van der Waals surface area contributed by atoms with Gasteiger partial charge in [0.15, 0.2) is 6.61 Å². The van der Waals surface area contributed by atoms with Gasteiger partial charge in [-0.2, -0.15) is 0 Å². The first-order valence-electron chi connectivity index (χ1n) is 12.6. The Balaban J connectivity index is 1.49. The van der Waals surface area contributed by atoms with Gasteiger partial charge in [-0.3, -0.25) is 9.59 Å². The zero-order valence-corrected chi connectivity index (χ0v) is 23.2. The number of para-hydroxylation sites is 1. The first kappa shape index (κ1) is 27.3. The monoisotopic (exact) mass is 533 g/mol. The summed E-state index contributed by atoms with van der Waals surface area (Å²) in [6.07, 6.45) is 1.27. The van der Waals surface area contributed by atoms with Crippen LogP contribution in [0, 0.1) is 13.8 Å². The van der Waals surface area contributed by atoms with Crippen molar-refractivity contribution in [3.05, 3.63) is 92.3 Å². The van der Waals surface area contributed by atoms with E-state index < -0.39 is 0 Å². The van der Waals surface area contributed by atoms with Crippen LogP contribution in [0.3, 0.4) is 0 Å². The number of hydrogen-bond acceptors (Lipinski definition) is 5. The van der Waals surface area contributed by atoms with E-state index in [0.29, 0.717) is 27.5 Å². The SMILES string of the molecule is Cc1cc(Oc2coc3cc(OCC(=O)Nc4c(C(C)C)cccc4C(C)C)ccc3c2=O)cc(C)c1Cl. The number of aryl methyl sites for hydroxylation is 2. The molecule has 1 N–H and O–H groups in total. The van der Waals surface area contributed by atoms with Gasteiger partial charge in [-0.1, -0.05) is 57.5 Å². The van der Waals surface area contributed by atoms with Crippen molar-refractivity contribution in [1.29, 1.82) is 0 Å². The molecule has 0 saturated heterocycles. The number of anilines is 1. The van der Waals surface area contributed by atoms with Crippen LogP contribution in [0.5, 0.6) is 17.2 Å². The fraction of sp³-hybridized carbons (Fsp3) is 0.290. The molecule has 0 spiro atoms. The molecule has 4 rings (SSSR count). The number of carbonyl (C=O) groups is 1. The minimum absolute atomic E-state index is 0.0662.